The molecule has 0 aliphatic heterocycles. The van der Waals surface area contributed by atoms with E-state index in [0.29, 0.717) is 0 Å². The van der Waals surface area contributed by atoms with Gasteiger partial charge in [-0.05, 0) is 25.9 Å². The smallest absolute Gasteiger partial charge is 0.334 e. The van der Waals surface area contributed by atoms with Crippen LogP contribution in [0.3, 0.4) is 0 Å². The summed E-state index contributed by atoms with van der Waals surface area (Å²) in [5.74, 6) is 0. The minimum absolute atomic E-state index is 0.870. The Balaban J connectivity index is 3.56. The summed E-state index contributed by atoms with van der Waals surface area (Å²) >= 11 is 0. The van der Waals surface area contributed by atoms with Gasteiger partial charge in [0.15, 0.2) is 0 Å². The van der Waals surface area contributed by atoms with Gasteiger partial charge in [0.1, 0.15) is 0 Å². The molecule has 248 valence electrons. The van der Waals surface area contributed by atoms with Crippen LogP contribution in [0.1, 0.15) is 135 Å². The predicted molar refractivity (Wildman–Crippen MR) is 193 cm³/mol. The van der Waals surface area contributed by atoms with E-state index in [9.17, 15) is 0 Å². The molecule has 6 heteroatoms. The predicted octanol–water partition coefficient (Wildman–Crippen LogP) is 12.6. The van der Waals surface area contributed by atoms with Crippen molar-refractivity contribution in [2.24, 2.45) is 0 Å². The third-order valence-electron chi connectivity index (χ3n) is 9.65. The third kappa shape index (κ3) is 27.8. The van der Waals surface area contributed by atoms with E-state index >= 15 is 0 Å². The molecule has 0 fully saturated rings. The van der Waals surface area contributed by atoms with E-state index in [1.54, 1.807) is 24.2 Å². The van der Waals surface area contributed by atoms with Crippen molar-refractivity contribution in [1.82, 2.24) is 0 Å². The molecule has 0 aliphatic rings. The van der Waals surface area contributed by atoms with Crippen LogP contribution < -0.4 is 0 Å². The summed E-state index contributed by atoms with van der Waals surface area (Å²) in [5.41, 5.74) is 0. The fraction of sp³-hybridized carbons (Fsp3) is 1.00. The average Bonchev–Trinajstić information content (AvgIpc) is 2.94. The Morgan fingerprint density at radius 1 is 0.366 bits per heavy atom. The SMILES string of the molecule is CCOCCCCCCCCCC[Si](C)(C)CCCCCCCC[Si](C)(C)CCCCCCCC[Si](C)(OC)OC. The molecule has 0 N–H and O–H groups in total. The van der Waals surface area contributed by atoms with Gasteiger partial charge in [-0.1, -0.05) is 172 Å². The maximum absolute atomic E-state index is 5.60. The van der Waals surface area contributed by atoms with E-state index in [2.05, 4.69) is 39.7 Å². The van der Waals surface area contributed by atoms with Crippen molar-refractivity contribution < 1.29 is 13.6 Å². The van der Waals surface area contributed by atoms with Crippen molar-refractivity contribution in [2.45, 2.75) is 198 Å². The first-order valence-electron chi connectivity index (χ1n) is 18.3. The number of hydrogen-bond donors (Lipinski definition) is 0. The van der Waals surface area contributed by atoms with Gasteiger partial charge in [0.25, 0.3) is 0 Å². The Morgan fingerprint density at radius 2 is 0.634 bits per heavy atom. The van der Waals surface area contributed by atoms with Crippen LogP contribution in [0, 0.1) is 0 Å². The van der Waals surface area contributed by atoms with Gasteiger partial charge in [-0.3, -0.25) is 0 Å². The Morgan fingerprint density at radius 3 is 0.927 bits per heavy atom. The molecule has 0 aliphatic carbocycles. The molecule has 0 radical (unpaired) electrons. The summed E-state index contributed by atoms with van der Waals surface area (Å²) in [7, 11) is -0.147. The van der Waals surface area contributed by atoms with Crippen LogP contribution in [0.25, 0.3) is 0 Å². The maximum Gasteiger partial charge on any atom is 0.334 e. The highest BCUT2D eigenvalue weighted by molar-refractivity contribution is 6.77. The molecule has 0 saturated carbocycles. The van der Waals surface area contributed by atoms with Crippen LogP contribution in [0.5, 0.6) is 0 Å². The third-order valence-corrected chi connectivity index (χ3v) is 19.5. The topological polar surface area (TPSA) is 27.7 Å². The average molecular weight is 631 g/mol. The van der Waals surface area contributed by atoms with Gasteiger partial charge in [0.2, 0.25) is 0 Å². The van der Waals surface area contributed by atoms with Crippen molar-refractivity contribution in [3.63, 3.8) is 0 Å². The monoisotopic (exact) mass is 631 g/mol. The fourth-order valence-corrected chi connectivity index (χ4v) is 13.0. The van der Waals surface area contributed by atoms with Gasteiger partial charge in [-0.2, -0.15) is 0 Å². The normalized spacial score (nSPS) is 12.9. The van der Waals surface area contributed by atoms with Crippen molar-refractivity contribution in [1.29, 1.82) is 0 Å². The summed E-state index contributed by atoms with van der Waals surface area (Å²) in [6, 6.07) is 7.35. The molecule has 0 aromatic heterocycles. The van der Waals surface area contributed by atoms with Gasteiger partial charge in [-0.25, -0.2) is 0 Å². The molecule has 3 nitrogen and oxygen atoms in total. The minimum atomic E-state index is -1.84. The molecular formula is C35H78O3Si3. The van der Waals surface area contributed by atoms with Gasteiger partial charge in [-0.15, -0.1) is 0 Å². The lowest BCUT2D eigenvalue weighted by Gasteiger charge is -2.23. The molecule has 41 heavy (non-hydrogen) atoms. The van der Waals surface area contributed by atoms with E-state index < -0.39 is 24.7 Å². The largest absolute Gasteiger partial charge is 0.398 e. The zero-order valence-corrected chi connectivity index (χ0v) is 32.8. The Bertz CT molecular complexity index is 553. The molecule has 0 spiro atoms. The van der Waals surface area contributed by atoms with E-state index in [4.69, 9.17) is 13.6 Å². The Kier molecular flexibility index (Phi) is 27.2. The molecule has 0 saturated heterocycles. The lowest BCUT2D eigenvalue weighted by atomic mass is 10.1. The molecule has 0 bridgehead atoms. The van der Waals surface area contributed by atoms with E-state index in [1.165, 1.54) is 128 Å². The Hall–Kier alpha value is 0.531. The quantitative estimate of drug-likeness (QED) is 0.0546. The van der Waals surface area contributed by atoms with Crippen LogP contribution in [0.2, 0.25) is 63.0 Å². The molecule has 0 aromatic carbocycles. The molecular weight excluding hydrogens is 553 g/mol. The van der Waals surface area contributed by atoms with Crippen molar-refractivity contribution >= 4 is 24.7 Å². The highest BCUT2D eigenvalue weighted by Gasteiger charge is 2.27. The van der Waals surface area contributed by atoms with Crippen molar-refractivity contribution in [3.8, 4) is 0 Å². The summed E-state index contributed by atoms with van der Waals surface area (Å²) in [6.45, 7) is 16.7. The fourth-order valence-electron chi connectivity index (χ4n) is 6.22. The first-order chi connectivity index (χ1) is 19.6. The first-order valence-corrected chi connectivity index (χ1v) is 27.6. The number of rotatable bonds is 32. The number of hydrogen-bond acceptors (Lipinski definition) is 3. The molecule has 0 unspecified atom stereocenters. The number of ether oxygens (including phenoxy) is 1. The first kappa shape index (κ1) is 41.5. The van der Waals surface area contributed by atoms with E-state index in [1.807, 2.05) is 14.2 Å². The van der Waals surface area contributed by atoms with Gasteiger partial charge >= 0.3 is 8.56 Å². The van der Waals surface area contributed by atoms with Crippen LogP contribution >= 0.6 is 0 Å². The Labute approximate surface area is 263 Å². The summed E-state index contributed by atoms with van der Waals surface area (Å²) in [6.07, 6.45) is 28.5. The zero-order chi connectivity index (χ0) is 30.7. The van der Waals surface area contributed by atoms with Crippen LogP contribution in [-0.2, 0) is 13.6 Å². The van der Waals surface area contributed by atoms with E-state index in [-0.39, 0.29) is 0 Å². The highest BCUT2D eigenvalue weighted by Crippen LogP contribution is 2.26. The maximum atomic E-state index is 5.60. The summed E-state index contributed by atoms with van der Waals surface area (Å²) < 4.78 is 16.6. The van der Waals surface area contributed by atoms with Crippen molar-refractivity contribution in [3.05, 3.63) is 0 Å². The van der Waals surface area contributed by atoms with Crippen molar-refractivity contribution in [2.75, 3.05) is 27.4 Å². The van der Waals surface area contributed by atoms with E-state index in [0.717, 1.165) is 19.3 Å². The molecule has 0 rings (SSSR count). The van der Waals surface area contributed by atoms with Gasteiger partial charge in [0.05, 0.1) is 0 Å². The summed E-state index contributed by atoms with van der Waals surface area (Å²) in [5, 5.41) is 0. The second-order valence-electron chi connectivity index (χ2n) is 14.9. The molecule has 0 heterocycles. The number of unbranched alkanes of at least 4 members (excludes halogenated alkanes) is 17. The second kappa shape index (κ2) is 26.9. The molecule has 0 aromatic rings. The standard InChI is InChI=1S/C35H78O3Si3/c1-9-38-30-24-18-12-10-11-13-19-25-31-39(4,5)32-26-20-14-15-21-27-33-40(6,7)34-28-22-16-17-23-29-35-41(8,36-2)37-3/h9-35H2,1-8H3. The molecule has 0 atom stereocenters. The van der Waals surface area contributed by atoms with Gasteiger partial charge in [0, 0.05) is 43.6 Å². The molecule has 0 amide bonds. The van der Waals surface area contributed by atoms with Crippen LogP contribution in [0.15, 0.2) is 0 Å². The summed E-state index contributed by atoms with van der Waals surface area (Å²) in [4.78, 5) is 0. The van der Waals surface area contributed by atoms with Gasteiger partial charge < -0.3 is 13.6 Å². The lowest BCUT2D eigenvalue weighted by molar-refractivity contribution is 0.143. The van der Waals surface area contributed by atoms with Crippen LogP contribution in [0.4, 0.5) is 0 Å². The zero-order valence-electron chi connectivity index (χ0n) is 29.8. The van der Waals surface area contributed by atoms with Crippen LogP contribution in [-0.4, -0.2) is 52.1 Å². The highest BCUT2D eigenvalue weighted by atomic mass is 28.4. The minimum Gasteiger partial charge on any atom is -0.398 e. The second-order valence-corrected chi connectivity index (χ2v) is 29.1. The lowest BCUT2D eigenvalue weighted by Crippen LogP contribution is -2.35.